The third-order valence-electron chi connectivity index (χ3n) is 3.52. The summed E-state index contributed by atoms with van der Waals surface area (Å²) in [5.41, 5.74) is 0.233. The van der Waals surface area contributed by atoms with Gasteiger partial charge in [0.05, 0.1) is 12.2 Å². The number of rotatable bonds is 3. The molecule has 3 nitrogen and oxygen atoms in total. The molecular weight excluding hydrogens is 323 g/mol. The molecule has 0 saturated carbocycles. The Hall–Kier alpha value is -0.940. The van der Waals surface area contributed by atoms with Gasteiger partial charge < -0.3 is 5.32 Å². The lowest BCUT2D eigenvalue weighted by atomic mass is 9.92. The van der Waals surface area contributed by atoms with Crippen molar-refractivity contribution in [3.05, 3.63) is 28.5 Å². The highest BCUT2D eigenvalue weighted by atomic mass is 79.9. The topological polar surface area (TPSA) is 32.3 Å². The largest absolute Gasteiger partial charge is 0.322 e. The van der Waals surface area contributed by atoms with E-state index < -0.39 is 5.82 Å². The average molecular weight is 343 g/mol. The molecule has 0 aliphatic carbocycles. The Kier molecular flexibility index (Phi) is 5.16. The highest BCUT2D eigenvalue weighted by Gasteiger charge is 2.23. The number of halogens is 2. The van der Waals surface area contributed by atoms with E-state index in [9.17, 15) is 9.18 Å². The zero-order valence-electron chi connectivity index (χ0n) is 11.8. The number of anilines is 1. The number of likely N-dealkylation sites (tertiary alicyclic amines) is 1. The van der Waals surface area contributed by atoms with Gasteiger partial charge in [0.2, 0.25) is 5.91 Å². The van der Waals surface area contributed by atoms with E-state index in [0.29, 0.717) is 22.9 Å². The van der Waals surface area contributed by atoms with E-state index in [1.54, 1.807) is 12.1 Å². The van der Waals surface area contributed by atoms with Gasteiger partial charge in [-0.15, -0.1) is 0 Å². The molecule has 1 aliphatic heterocycles. The van der Waals surface area contributed by atoms with E-state index in [0.717, 1.165) is 13.1 Å². The maximum atomic E-state index is 13.7. The van der Waals surface area contributed by atoms with E-state index in [1.807, 2.05) is 0 Å². The van der Waals surface area contributed by atoms with Crippen molar-refractivity contribution in [3.8, 4) is 0 Å². The van der Waals surface area contributed by atoms with Crippen LogP contribution in [0.15, 0.2) is 22.7 Å². The van der Waals surface area contributed by atoms with Gasteiger partial charge in [0.15, 0.2) is 0 Å². The number of carbonyl (C=O) groups excluding carboxylic acids is 1. The number of nitrogens with zero attached hydrogens (tertiary/aromatic N) is 1. The Morgan fingerprint density at radius 2 is 2.05 bits per heavy atom. The molecule has 0 radical (unpaired) electrons. The summed E-state index contributed by atoms with van der Waals surface area (Å²) < 4.78 is 14.3. The van der Waals surface area contributed by atoms with Crippen LogP contribution in [0.3, 0.4) is 0 Å². The van der Waals surface area contributed by atoms with Crippen LogP contribution < -0.4 is 5.32 Å². The van der Waals surface area contributed by atoms with Crippen molar-refractivity contribution < 1.29 is 9.18 Å². The number of benzene rings is 1. The number of hydrogen-bond donors (Lipinski definition) is 1. The van der Waals surface area contributed by atoms with Crippen molar-refractivity contribution in [1.29, 1.82) is 0 Å². The van der Waals surface area contributed by atoms with E-state index in [-0.39, 0.29) is 11.6 Å². The van der Waals surface area contributed by atoms with Gasteiger partial charge in [-0.1, -0.05) is 29.8 Å². The van der Waals surface area contributed by atoms with Crippen LogP contribution >= 0.6 is 15.9 Å². The fourth-order valence-corrected chi connectivity index (χ4v) is 3.24. The minimum atomic E-state index is -0.423. The summed E-state index contributed by atoms with van der Waals surface area (Å²) in [7, 11) is 0. The summed E-state index contributed by atoms with van der Waals surface area (Å²) in [5.74, 6) is 0.632. The van der Waals surface area contributed by atoms with Crippen molar-refractivity contribution in [2.45, 2.75) is 20.3 Å². The number of piperidine rings is 1. The van der Waals surface area contributed by atoms with Crippen LogP contribution in [0.2, 0.25) is 0 Å². The molecule has 2 rings (SSSR count). The van der Waals surface area contributed by atoms with Crippen molar-refractivity contribution >= 4 is 27.5 Å². The number of amides is 1. The quantitative estimate of drug-likeness (QED) is 0.911. The second kappa shape index (κ2) is 6.68. The van der Waals surface area contributed by atoms with E-state index in [2.05, 4.69) is 40.0 Å². The van der Waals surface area contributed by atoms with Gasteiger partial charge in [-0.25, -0.2) is 4.39 Å². The van der Waals surface area contributed by atoms with Crippen LogP contribution in [0.25, 0.3) is 0 Å². The average Bonchev–Trinajstić information content (AvgIpc) is 2.31. The van der Waals surface area contributed by atoms with Gasteiger partial charge >= 0.3 is 0 Å². The van der Waals surface area contributed by atoms with Gasteiger partial charge in [-0.3, -0.25) is 9.69 Å². The minimum absolute atomic E-state index is 0.160. The number of hydrogen-bond acceptors (Lipinski definition) is 2. The lowest BCUT2D eigenvalue weighted by molar-refractivity contribution is -0.117. The van der Waals surface area contributed by atoms with Gasteiger partial charge in [-0.05, 0) is 36.5 Å². The molecule has 5 heteroatoms. The maximum Gasteiger partial charge on any atom is 0.238 e. The monoisotopic (exact) mass is 342 g/mol. The SMILES string of the molecule is C[C@@H]1C[C@H](C)CN(CC(=O)Nc2ccc(Br)cc2F)C1. The first-order valence-corrected chi connectivity index (χ1v) is 7.70. The molecule has 1 aromatic rings. The summed E-state index contributed by atoms with van der Waals surface area (Å²) in [4.78, 5) is 14.1. The predicted molar refractivity (Wildman–Crippen MR) is 82.1 cm³/mol. The van der Waals surface area contributed by atoms with Crippen LogP contribution in [0.1, 0.15) is 20.3 Å². The summed E-state index contributed by atoms with van der Waals surface area (Å²) in [6.07, 6.45) is 1.21. The molecule has 1 saturated heterocycles. The Morgan fingerprint density at radius 1 is 1.40 bits per heavy atom. The maximum absolute atomic E-state index is 13.7. The van der Waals surface area contributed by atoms with Crippen LogP contribution in [0.4, 0.5) is 10.1 Å². The van der Waals surface area contributed by atoms with E-state index >= 15 is 0 Å². The fourth-order valence-electron chi connectivity index (χ4n) is 2.90. The zero-order valence-corrected chi connectivity index (χ0v) is 13.4. The Balaban J connectivity index is 1.92. The number of carbonyl (C=O) groups is 1. The van der Waals surface area contributed by atoms with Crippen LogP contribution in [-0.4, -0.2) is 30.4 Å². The molecule has 1 heterocycles. The Labute approximate surface area is 127 Å². The molecular formula is C15H20BrFN2O. The summed E-state index contributed by atoms with van der Waals surface area (Å²) >= 11 is 3.19. The van der Waals surface area contributed by atoms with Crippen LogP contribution in [0.5, 0.6) is 0 Å². The summed E-state index contributed by atoms with van der Waals surface area (Å²) in [6.45, 7) is 6.59. The predicted octanol–water partition coefficient (Wildman–Crippen LogP) is 3.50. The lowest BCUT2D eigenvalue weighted by Crippen LogP contribution is -2.42. The molecule has 110 valence electrons. The van der Waals surface area contributed by atoms with Gasteiger partial charge in [0.1, 0.15) is 5.82 Å². The van der Waals surface area contributed by atoms with Gasteiger partial charge in [-0.2, -0.15) is 0 Å². The first-order valence-electron chi connectivity index (χ1n) is 6.91. The molecule has 1 aromatic carbocycles. The summed E-state index contributed by atoms with van der Waals surface area (Å²) in [5, 5.41) is 2.64. The summed E-state index contributed by atoms with van der Waals surface area (Å²) in [6, 6.07) is 4.63. The minimum Gasteiger partial charge on any atom is -0.322 e. The lowest BCUT2D eigenvalue weighted by Gasteiger charge is -2.34. The molecule has 1 aliphatic rings. The van der Waals surface area contributed by atoms with Crippen LogP contribution in [0, 0.1) is 17.7 Å². The highest BCUT2D eigenvalue weighted by Crippen LogP contribution is 2.22. The zero-order chi connectivity index (χ0) is 14.7. The molecule has 1 amide bonds. The Bertz CT molecular complexity index is 485. The number of nitrogens with one attached hydrogen (secondary N) is 1. The molecule has 1 N–H and O–H groups in total. The van der Waals surface area contributed by atoms with Crippen molar-refractivity contribution in [2.75, 3.05) is 25.0 Å². The molecule has 20 heavy (non-hydrogen) atoms. The highest BCUT2D eigenvalue weighted by molar-refractivity contribution is 9.10. The molecule has 0 aromatic heterocycles. The standard InChI is InChI=1S/C15H20BrFN2O/c1-10-5-11(2)8-19(7-10)9-15(20)18-14-4-3-12(16)6-13(14)17/h3-4,6,10-11H,5,7-9H2,1-2H3,(H,18,20)/t10-,11+. The molecule has 1 fully saturated rings. The second-order valence-electron chi connectivity index (χ2n) is 5.81. The normalized spacial score (nSPS) is 23.6. The van der Waals surface area contributed by atoms with E-state index in [4.69, 9.17) is 0 Å². The third-order valence-corrected chi connectivity index (χ3v) is 4.01. The molecule has 0 unspecified atom stereocenters. The molecule has 0 spiro atoms. The first-order chi connectivity index (χ1) is 9.44. The van der Waals surface area contributed by atoms with Gasteiger partial charge in [0, 0.05) is 17.6 Å². The van der Waals surface area contributed by atoms with Crippen molar-refractivity contribution in [3.63, 3.8) is 0 Å². The van der Waals surface area contributed by atoms with Gasteiger partial charge in [0.25, 0.3) is 0 Å². The Morgan fingerprint density at radius 3 is 2.65 bits per heavy atom. The third kappa shape index (κ3) is 4.28. The smallest absolute Gasteiger partial charge is 0.238 e. The van der Waals surface area contributed by atoms with E-state index in [1.165, 1.54) is 12.5 Å². The molecule has 0 bridgehead atoms. The second-order valence-corrected chi connectivity index (χ2v) is 6.73. The van der Waals surface area contributed by atoms with Crippen molar-refractivity contribution in [2.24, 2.45) is 11.8 Å². The van der Waals surface area contributed by atoms with Crippen LogP contribution in [-0.2, 0) is 4.79 Å². The fraction of sp³-hybridized carbons (Fsp3) is 0.533. The van der Waals surface area contributed by atoms with Crippen molar-refractivity contribution in [1.82, 2.24) is 4.90 Å². The molecule has 2 atom stereocenters. The first kappa shape index (κ1) is 15.4.